The van der Waals surface area contributed by atoms with E-state index in [1.165, 1.54) is 12.8 Å². The van der Waals surface area contributed by atoms with E-state index in [1.807, 2.05) is 19.6 Å². The molecule has 1 nitrogen and oxygen atoms in total. The Balaban J connectivity index is 2.98. The summed E-state index contributed by atoms with van der Waals surface area (Å²) in [5, 5.41) is 0. The Bertz CT molecular complexity index is 54.0. The van der Waals surface area contributed by atoms with E-state index in [-0.39, 0.29) is 0 Å². The minimum atomic E-state index is 0.579. The Kier molecular flexibility index (Phi) is 4.97. The molecule has 0 aliphatic rings. The summed E-state index contributed by atoms with van der Waals surface area (Å²) in [7, 11) is 0. The second-order valence-electron chi connectivity index (χ2n) is 1.74. The van der Waals surface area contributed by atoms with E-state index < -0.39 is 0 Å². The van der Waals surface area contributed by atoms with Crippen LogP contribution in [0.25, 0.3) is 0 Å². The fraction of sp³-hybridized carbons (Fsp3) is 1.00. The molecule has 7 heavy (non-hydrogen) atoms. The van der Waals surface area contributed by atoms with Crippen LogP contribution in [0.2, 0.25) is 0 Å². The predicted molar refractivity (Wildman–Crippen MR) is 26.8 cm³/mol. The summed E-state index contributed by atoms with van der Waals surface area (Å²) in [5.74, 6) is 0. The molecule has 42 valence electrons. The summed E-state index contributed by atoms with van der Waals surface area (Å²) in [6.45, 7) is 4.33. The van der Waals surface area contributed by atoms with Crippen LogP contribution in [-0.2, 0) is 19.6 Å². The molecule has 0 N–H and O–H groups in total. The van der Waals surface area contributed by atoms with Gasteiger partial charge in [0.2, 0.25) is 0 Å². The van der Waals surface area contributed by atoms with Gasteiger partial charge in [0, 0.05) is 0 Å². The van der Waals surface area contributed by atoms with E-state index in [1.54, 1.807) is 0 Å². The van der Waals surface area contributed by atoms with Gasteiger partial charge in [-0.3, -0.25) is 0 Å². The molecule has 0 amide bonds. The van der Waals surface area contributed by atoms with Gasteiger partial charge in [0.05, 0.1) is 0 Å². The van der Waals surface area contributed by atoms with Crippen molar-refractivity contribution in [1.82, 2.24) is 0 Å². The Morgan fingerprint density at radius 2 is 2.29 bits per heavy atom. The fourth-order valence-electron chi connectivity index (χ4n) is 0.470. The van der Waals surface area contributed by atoms with Crippen LogP contribution < -0.4 is 0 Å². The maximum atomic E-state index is 4.09. The quantitative estimate of drug-likeness (QED) is 0.589. The Hall–Kier alpha value is 0.488. The molecule has 0 heterocycles. The van der Waals surface area contributed by atoms with Crippen LogP contribution in [-0.4, -0.2) is 6.04 Å². The van der Waals surface area contributed by atoms with Crippen molar-refractivity contribution in [1.29, 1.82) is 0 Å². The van der Waals surface area contributed by atoms with E-state index in [4.69, 9.17) is 0 Å². The molecule has 0 spiro atoms. The molecule has 0 radical (unpaired) electrons. The Labute approximate surface area is 56.3 Å². The monoisotopic (exact) mass is 183 g/mol. The molecule has 0 aliphatic carbocycles. The maximum absolute atomic E-state index is 4.09. The second-order valence-corrected chi connectivity index (χ2v) is 2.26. The molecule has 0 rings (SSSR count). The van der Waals surface area contributed by atoms with E-state index in [0.717, 1.165) is 0 Å². The molecule has 0 saturated heterocycles. The summed E-state index contributed by atoms with van der Waals surface area (Å²) >= 11 is 1.81. The molecule has 0 aromatic carbocycles. The first kappa shape index (κ1) is 7.49. The molecule has 0 aliphatic heterocycles. The normalized spacial score (nSPS) is 13.4. The van der Waals surface area contributed by atoms with E-state index in [9.17, 15) is 0 Å². The summed E-state index contributed by atoms with van der Waals surface area (Å²) in [4.78, 5) is 0. The van der Waals surface area contributed by atoms with E-state index in [0.29, 0.717) is 6.04 Å². The molecule has 0 fully saturated rings. The van der Waals surface area contributed by atoms with Crippen molar-refractivity contribution < 1.29 is 19.6 Å². The average molecular weight is 181 g/mol. The Morgan fingerprint density at radius 1 is 1.71 bits per heavy atom. The molecule has 0 saturated carbocycles. The van der Waals surface area contributed by atoms with Gasteiger partial charge in [-0.05, 0) is 0 Å². The van der Waals surface area contributed by atoms with Crippen LogP contribution in [0.4, 0.5) is 0 Å². The van der Waals surface area contributed by atoms with Crippen molar-refractivity contribution in [2.45, 2.75) is 32.7 Å². The van der Waals surface area contributed by atoms with Crippen molar-refractivity contribution >= 4 is 0 Å². The first-order valence-corrected chi connectivity index (χ1v) is 3.53. The number of hydrogen-bond acceptors (Lipinski definition) is 1. The molecule has 0 aromatic heterocycles. The topological polar surface area (TPSA) is 12.4 Å². The van der Waals surface area contributed by atoms with E-state index in [2.05, 4.69) is 17.3 Å². The van der Waals surface area contributed by atoms with Gasteiger partial charge in [0.1, 0.15) is 0 Å². The van der Waals surface area contributed by atoms with Gasteiger partial charge in [-0.1, -0.05) is 0 Å². The third-order valence-corrected chi connectivity index (χ3v) is 1.77. The van der Waals surface area contributed by atoms with Crippen LogP contribution in [0, 0.1) is 0 Å². The van der Waals surface area contributed by atoms with E-state index >= 15 is 0 Å². The third-order valence-electron chi connectivity index (χ3n) is 0.886. The summed E-state index contributed by atoms with van der Waals surface area (Å²) in [5.41, 5.74) is 0. The average Bonchev–Trinajstić information content (AvgIpc) is 1.68. The van der Waals surface area contributed by atoms with Gasteiger partial charge in [0.15, 0.2) is 0 Å². The van der Waals surface area contributed by atoms with Gasteiger partial charge in [0.25, 0.3) is 0 Å². The molecule has 1 unspecified atom stereocenters. The zero-order valence-electron chi connectivity index (χ0n) is 4.85. The molecule has 0 bridgehead atoms. The van der Waals surface area contributed by atoms with Gasteiger partial charge in [-0.15, -0.1) is 0 Å². The van der Waals surface area contributed by atoms with Crippen molar-refractivity contribution in [2.75, 3.05) is 0 Å². The molecule has 0 aromatic rings. The third kappa shape index (κ3) is 4.34. The van der Waals surface area contributed by atoms with Crippen LogP contribution in [0.1, 0.15) is 26.7 Å². The fourth-order valence-corrected chi connectivity index (χ4v) is 0.730. The predicted octanol–water partition coefficient (Wildman–Crippen LogP) is 1.91. The SMILES string of the molecule is CCCC(C)[N]=[Mo]. The van der Waals surface area contributed by atoms with Crippen LogP contribution >= 0.6 is 0 Å². The standard InChI is InChI=1S/C5H11N.Mo/c1-3-4-5(2)6;/h5H,3-4H2,1-2H3;. The van der Waals surface area contributed by atoms with Gasteiger partial charge in [-0.25, -0.2) is 0 Å². The first-order valence-electron chi connectivity index (χ1n) is 2.63. The zero-order chi connectivity index (χ0) is 5.70. The molecular formula is C5H11MoN. The van der Waals surface area contributed by atoms with Crippen LogP contribution in [0.15, 0.2) is 3.50 Å². The zero-order valence-corrected chi connectivity index (χ0v) is 6.85. The second kappa shape index (κ2) is 4.64. The molecular weight excluding hydrogens is 170 g/mol. The van der Waals surface area contributed by atoms with Crippen LogP contribution in [0.3, 0.4) is 0 Å². The van der Waals surface area contributed by atoms with Gasteiger partial charge in [-0.2, -0.15) is 0 Å². The van der Waals surface area contributed by atoms with Gasteiger partial charge >= 0.3 is 55.9 Å². The number of rotatable bonds is 3. The number of nitrogens with zero attached hydrogens (tertiary/aromatic N) is 1. The van der Waals surface area contributed by atoms with Crippen molar-refractivity contribution in [2.24, 2.45) is 3.50 Å². The molecule has 1 atom stereocenters. The van der Waals surface area contributed by atoms with Crippen molar-refractivity contribution in [3.05, 3.63) is 0 Å². The molecule has 2 heteroatoms. The summed E-state index contributed by atoms with van der Waals surface area (Å²) in [6.07, 6.45) is 2.49. The number of hydrogen-bond donors (Lipinski definition) is 0. The summed E-state index contributed by atoms with van der Waals surface area (Å²) < 4.78 is 4.09. The Morgan fingerprint density at radius 3 is 2.43 bits per heavy atom. The summed E-state index contributed by atoms with van der Waals surface area (Å²) in [6, 6.07) is 0.579. The minimum absolute atomic E-state index is 0.579. The van der Waals surface area contributed by atoms with Crippen molar-refractivity contribution in [3.63, 3.8) is 0 Å². The van der Waals surface area contributed by atoms with Gasteiger partial charge < -0.3 is 0 Å². The van der Waals surface area contributed by atoms with Crippen LogP contribution in [0.5, 0.6) is 0 Å². The van der Waals surface area contributed by atoms with Crippen molar-refractivity contribution in [3.8, 4) is 0 Å². The first-order chi connectivity index (χ1) is 3.31.